The van der Waals surface area contributed by atoms with Crippen LogP contribution in [0, 0.1) is 17.5 Å². The summed E-state index contributed by atoms with van der Waals surface area (Å²) in [4.78, 5) is 25.5. The van der Waals surface area contributed by atoms with Gasteiger partial charge >= 0.3 is 0 Å². The molecule has 0 spiro atoms. The maximum Gasteiger partial charge on any atom is 0.238 e. The first-order valence-electron chi connectivity index (χ1n) is 8.23. The molecule has 8 heteroatoms. The van der Waals surface area contributed by atoms with E-state index in [-0.39, 0.29) is 24.6 Å². The molecule has 0 fully saturated rings. The van der Waals surface area contributed by atoms with Crippen LogP contribution in [0.1, 0.15) is 18.5 Å². The Bertz CT molecular complexity index is 812. The van der Waals surface area contributed by atoms with Crippen molar-refractivity contribution < 1.29 is 22.8 Å². The van der Waals surface area contributed by atoms with Gasteiger partial charge in [0.25, 0.3) is 0 Å². The SMILES string of the molecule is C[C@H](NC(=O)CN(C)CC(=O)Nc1ccc(F)cc1)c1ccc(F)cc1F. The van der Waals surface area contributed by atoms with E-state index in [0.29, 0.717) is 5.69 Å². The first-order chi connectivity index (χ1) is 12.7. The van der Waals surface area contributed by atoms with Crippen LogP contribution < -0.4 is 10.6 Å². The second-order valence-corrected chi connectivity index (χ2v) is 6.18. The van der Waals surface area contributed by atoms with Gasteiger partial charge in [-0.05, 0) is 44.3 Å². The molecule has 0 aromatic heterocycles. The van der Waals surface area contributed by atoms with Crippen LogP contribution in [0.4, 0.5) is 18.9 Å². The van der Waals surface area contributed by atoms with Gasteiger partial charge in [0, 0.05) is 17.3 Å². The summed E-state index contributed by atoms with van der Waals surface area (Å²) in [6.07, 6.45) is 0. The minimum atomic E-state index is -0.741. The van der Waals surface area contributed by atoms with Crippen molar-refractivity contribution in [1.82, 2.24) is 10.2 Å². The third-order valence-corrected chi connectivity index (χ3v) is 3.76. The zero-order valence-electron chi connectivity index (χ0n) is 14.9. The van der Waals surface area contributed by atoms with Crippen LogP contribution in [-0.2, 0) is 9.59 Å². The van der Waals surface area contributed by atoms with Gasteiger partial charge in [0.2, 0.25) is 11.8 Å². The molecule has 0 aliphatic carbocycles. The van der Waals surface area contributed by atoms with Crippen molar-refractivity contribution in [2.75, 3.05) is 25.5 Å². The number of rotatable bonds is 7. The Morgan fingerprint density at radius 3 is 2.19 bits per heavy atom. The Morgan fingerprint density at radius 2 is 1.56 bits per heavy atom. The molecular weight excluding hydrogens is 359 g/mol. The Balaban J connectivity index is 1.82. The molecule has 2 N–H and O–H groups in total. The van der Waals surface area contributed by atoms with E-state index in [4.69, 9.17) is 0 Å². The van der Waals surface area contributed by atoms with Crippen molar-refractivity contribution in [3.63, 3.8) is 0 Å². The third-order valence-electron chi connectivity index (χ3n) is 3.76. The van der Waals surface area contributed by atoms with E-state index in [1.165, 1.54) is 35.2 Å². The average molecular weight is 379 g/mol. The van der Waals surface area contributed by atoms with Crippen molar-refractivity contribution in [1.29, 1.82) is 0 Å². The highest BCUT2D eigenvalue weighted by Gasteiger charge is 2.16. The lowest BCUT2D eigenvalue weighted by molar-refractivity contribution is -0.123. The monoisotopic (exact) mass is 379 g/mol. The number of hydrogen-bond donors (Lipinski definition) is 2. The van der Waals surface area contributed by atoms with E-state index in [2.05, 4.69) is 10.6 Å². The van der Waals surface area contributed by atoms with Crippen LogP contribution in [0.3, 0.4) is 0 Å². The normalized spacial score (nSPS) is 11.9. The summed E-state index contributed by atoms with van der Waals surface area (Å²) in [6.45, 7) is 1.42. The van der Waals surface area contributed by atoms with E-state index in [1.807, 2.05) is 0 Å². The minimum Gasteiger partial charge on any atom is -0.348 e. The molecule has 0 radical (unpaired) electrons. The van der Waals surface area contributed by atoms with Gasteiger partial charge in [-0.25, -0.2) is 13.2 Å². The number of benzene rings is 2. The van der Waals surface area contributed by atoms with E-state index >= 15 is 0 Å². The van der Waals surface area contributed by atoms with Crippen LogP contribution in [0.15, 0.2) is 42.5 Å². The van der Waals surface area contributed by atoms with Gasteiger partial charge < -0.3 is 10.6 Å². The van der Waals surface area contributed by atoms with Crippen LogP contribution >= 0.6 is 0 Å². The summed E-state index contributed by atoms with van der Waals surface area (Å²) >= 11 is 0. The van der Waals surface area contributed by atoms with Gasteiger partial charge in [-0.3, -0.25) is 14.5 Å². The number of nitrogens with zero attached hydrogens (tertiary/aromatic N) is 1. The van der Waals surface area contributed by atoms with Crippen LogP contribution in [0.2, 0.25) is 0 Å². The number of hydrogen-bond acceptors (Lipinski definition) is 3. The van der Waals surface area contributed by atoms with Gasteiger partial charge in [0.05, 0.1) is 19.1 Å². The molecule has 0 saturated carbocycles. The highest BCUT2D eigenvalue weighted by Crippen LogP contribution is 2.17. The number of halogens is 3. The highest BCUT2D eigenvalue weighted by atomic mass is 19.1. The predicted octanol–water partition coefficient (Wildman–Crippen LogP) is 2.85. The molecule has 27 heavy (non-hydrogen) atoms. The summed E-state index contributed by atoms with van der Waals surface area (Å²) in [5, 5.41) is 5.19. The summed E-state index contributed by atoms with van der Waals surface area (Å²) in [5.41, 5.74) is 0.612. The summed E-state index contributed by atoms with van der Waals surface area (Å²) < 4.78 is 39.5. The molecule has 0 saturated heterocycles. The lowest BCUT2D eigenvalue weighted by Crippen LogP contribution is -2.39. The van der Waals surface area contributed by atoms with Crippen molar-refractivity contribution in [2.24, 2.45) is 0 Å². The fraction of sp³-hybridized carbons (Fsp3) is 0.263. The zero-order chi connectivity index (χ0) is 20.0. The van der Waals surface area contributed by atoms with Crippen LogP contribution in [0.25, 0.3) is 0 Å². The molecule has 2 aromatic carbocycles. The van der Waals surface area contributed by atoms with Crippen molar-refractivity contribution >= 4 is 17.5 Å². The van der Waals surface area contributed by atoms with E-state index in [1.54, 1.807) is 14.0 Å². The number of anilines is 1. The molecule has 0 unspecified atom stereocenters. The van der Waals surface area contributed by atoms with Crippen LogP contribution in [0.5, 0.6) is 0 Å². The Morgan fingerprint density at radius 1 is 0.963 bits per heavy atom. The Kier molecular flexibility index (Phi) is 6.95. The Hall–Kier alpha value is -2.87. The maximum absolute atomic E-state index is 13.7. The number of carbonyl (C=O) groups is 2. The lowest BCUT2D eigenvalue weighted by Gasteiger charge is -2.19. The molecule has 2 aromatic rings. The average Bonchev–Trinajstić information content (AvgIpc) is 2.56. The number of carbonyl (C=O) groups excluding carboxylic acids is 2. The number of amides is 2. The molecule has 0 bridgehead atoms. The minimum absolute atomic E-state index is 0.0654. The van der Waals surface area contributed by atoms with Gasteiger partial charge in [0.1, 0.15) is 17.5 Å². The fourth-order valence-corrected chi connectivity index (χ4v) is 2.50. The topological polar surface area (TPSA) is 61.4 Å². The molecule has 0 aliphatic heterocycles. The zero-order valence-corrected chi connectivity index (χ0v) is 14.9. The van der Waals surface area contributed by atoms with Crippen molar-refractivity contribution in [2.45, 2.75) is 13.0 Å². The fourth-order valence-electron chi connectivity index (χ4n) is 2.50. The molecule has 2 amide bonds. The molecule has 5 nitrogen and oxygen atoms in total. The number of likely N-dealkylation sites (N-methyl/N-ethyl adjacent to an activating group) is 1. The quantitative estimate of drug-likeness (QED) is 0.778. The second-order valence-electron chi connectivity index (χ2n) is 6.18. The first kappa shape index (κ1) is 20.4. The summed E-state index contributed by atoms with van der Waals surface area (Å²) in [7, 11) is 1.58. The van der Waals surface area contributed by atoms with Gasteiger partial charge in [-0.1, -0.05) is 6.07 Å². The predicted molar refractivity (Wildman–Crippen MR) is 95.4 cm³/mol. The lowest BCUT2D eigenvalue weighted by atomic mass is 10.1. The maximum atomic E-state index is 13.7. The van der Waals surface area contributed by atoms with Crippen molar-refractivity contribution in [3.05, 3.63) is 65.5 Å². The third kappa shape index (κ3) is 6.41. The Labute approximate surface area is 155 Å². The molecule has 0 aliphatic rings. The van der Waals surface area contributed by atoms with Gasteiger partial charge in [-0.2, -0.15) is 0 Å². The first-order valence-corrected chi connectivity index (χ1v) is 8.23. The molecule has 2 rings (SSSR count). The van der Waals surface area contributed by atoms with E-state index in [9.17, 15) is 22.8 Å². The highest BCUT2D eigenvalue weighted by molar-refractivity contribution is 5.92. The molecule has 144 valence electrons. The van der Waals surface area contributed by atoms with E-state index < -0.39 is 29.4 Å². The smallest absolute Gasteiger partial charge is 0.238 e. The standard InChI is InChI=1S/C19H20F3N3O2/c1-12(16-8-5-14(21)9-17(16)22)23-18(26)10-25(2)11-19(27)24-15-6-3-13(20)4-7-15/h3-9,12H,10-11H2,1-2H3,(H,23,26)(H,24,27)/t12-/m0/s1. The number of nitrogens with one attached hydrogen (secondary N) is 2. The summed E-state index contributed by atoms with van der Waals surface area (Å²) in [5.74, 6) is -2.62. The molecular formula is C19H20F3N3O2. The van der Waals surface area contributed by atoms with E-state index in [0.717, 1.165) is 12.1 Å². The largest absolute Gasteiger partial charge is 0.348 e. The van der Waals surface area contributed by atoms with Gasteiger partial charge in [0.15, 0.2) is 0 Å². The molecule has 1 atom stereocenters. The van der Waals surface area contributed by atoms with Gasteiger partial charge in [-0.15, -0.1) is 0 Å². The van der Waals surface area contributed by atoms with Crippen LogP contribution in [-0.4, -0.2) is 36.9 Å². The van der Waals surface area contributed by atoms with Crippen molar-refractivity contribution in [3.8, 4) is 0 Å². The molecule has 0 heterocycles. The second kappa shape index (κ2) is 9.18. The summed E-state index contributed by atoms with van der Waals surface area (Å²) in [6, 6.07) is 7.80.